The molecule has 0 spiro atoms. The van der Waals surface area contributed by atoms with E-state index >= 15 is 0 Å². The van der Waals surface area contributed by atoms with E-state index in [4.69, 9.17) is 0 Å². The predicted molar refractivity (Wildman–Crippen MR) is 105 cm³/mol. The number of nitrogens with zero attached hydrogens (tertiary/aromatic N) is 7. The minimum atomic E-state index is 0.605. The minimum Gasteiger partial charge on any atom is -0.302 e. The average Bonchev–Trinajstić information content (AvgIpc) is 3.34. The van der Waals surface area contributed by atoms with Gasteiger partial charge in [0, 0.05) is 12.1 Å². The van der Waals surface area contributed by atoms with E-state index in [2.05, 4.69) is 56.3 Å². The molecule has 0 atom stereocenters. The number of hydrogen-bond acceptors (Lipinski definition) is 6. The highest BCUT2D eigenvalue weighted by molar-refractivity contribution is 7.98. The molecule has 0 amide bonds. The lowest BCUT2D eigenvalue weighted by atomic mass is 10.1. The van der Waals surface area contributed by atoms with Crippen molar-refractivity contribution in [2.24, 2.45) is 0 Å². The first-order valence-corrected chi connectivity index (χ1v) is 9.71. The molecule has 8 heteroatoms. The Balaban J connectivity index is 1.59. The van der Waals surface area contributed by atoms with Gasteiger partial charge in [0.15, 0.2) is 16.8 Å². The number of para-hydroxylation sites is 1. The Hall–Kier alpha value is -3.00. The molecule has 0 saturated carbocycles. The largest absolute Gasteiger partial charge is 0.302 e. The summed E-state index contributed by atoms with van der Waals surface area (Å²) < 4.78 is 3.88. The van der Waals surface area contributed by atoms with Crippen LogP contribution in [0.2, 0.25) is 0 Å². The molecule has 0 aliphatic rings. The zero-order chi connectivity index (χ0) is 18.6. The van der Waals surface area contributed by atoms with Crippen LogP contribution >= 0.6 is 11.8 Å². The second kappa shape index (κ2) is 7.71. The molecule has 2 aromatic carbocycles. The lowest BCUT2D eigenvalue weighted by Gasteiger charge is -2.09. The molecule has 0 fully saturated rings. The van der Waals surface area contributed by atoms with E-state index in [1.165, 1.54) is 5.56 Å². The van der Waals surface area contributed by atoms with E-state index in [1.54, 1.807) is 16.4 Å². The third kappa shape index (κ3) is 3.48. The Bertz CT molecular complexity index is 1040. The molecule has 2 heterocycles. The Labute approximate surface area is 161 Å². The number of aryl methyl sites for hydroxylation is 1. The quantitative estimate of drug-likeness (QED) is 0.479. The van der Waals surface area contributed by atoms with Crippen molar-refractivity contribution in [3.05, 3.63) is 66.0 Å². The van der Waals surface area contributed by atoms with Crippen LogP contribution in [0, 0.1) is 6.92 Å². The van der Waals surface area contributed by atoms with Gasteiger partial charge in [-0.15, -0.1) is 15.3 Å². The van der Waals surface area contributed by atoms with E-state index < -0.39 is 0 Å². The Morgan fingerprint density at radius 2 is 1.70 bits per heavy atom. The summed E-state index contributed by atoms with van der Waals surface area (Å²) in [5.41, 5.74) is 3.23. The van der Waals surface area contributed by atoms with Crippen molar-refractivity contribution in [1.29, 1.82) is 0 Å². The minimum absolute atomic E-state index is 0.605. The molecule has 4 rings (SSSR count). The van der Waals surface area contributed by atoms with E-state index in [0.29, 0.717) is 5.75 Å². The Kier molecular flexibility index (Phi) is 4.97. The zero-order valence-electron chi connectivity index (χ0n) is 15.1. The zero-order valence-corrected chi connectivity index (χ0v) is 16.0. The summed E-state index contributed by atoms with van der Waals surface area (Å²) in [6.45, 7) is 4.98. The molecule has 2 aromatic heterocycles. The van der Waals surface area contributed by atoms with Crippen molar-refractivity contribution in [2.75, 3.05) is 0 Å². The molecule has 136 valence electrons. The summed E-state index contributed by atoms with van der Waals surface area (Å²) in [6.07, 6.45) is 0. The van der Waals surface area contributed by atoms with Crippen molar-refractivity contribution in [1.82, 2.24) is 35.0 Å². The van der Waals surface area contributed by atoms with Crippen LogP contribution in [0.25, 0.3) is 17.1 Å². The van der Waals surface area contributed by atoms with Crippen molar-refractivity contribution in [3.63, 3.8) is 0 Å². The fourth-order valence-electron chi connectivity index (χ4n) is 2.90. The maximum atomic E-state index is 4.43. The first-order valence-electron chi connectivity index (χ1n) is 8.72. The Morgan fingerprint density at radius 3 is 2.48 bits per heavy atom. The van der Waals surface area contributed by atoms with E-state index in [9.17, 15) is 0 Å². The summed E-state index contributed by atoms with van der Waals surface area (Å²) in [5, 5.41) is 21.8. The van der Waals surface area contributed by atoms with Crippen LogP contribution in [-0.2, 0) is 12.3 Å². The van der Waals surface area contributed by atoms with Crippen LogP contribution in [-0.4, -0.2) is 35.0 Å². The molecule has 0 bridgehead atoms. The number of thioether (sulfide) groups is 1. The molecule has 0 saturated heterocycles. The van der Waals surface area contributed by atoms with Crippen molar-refractivity contribution < 1.29 is 0 Å². The highest BCUT2D eigenvalue weighted by Crippen LogP contribution is 2.27. The standard InChI is InChI=1S/C19H19N7S/c1-3-25-18(16-12-8-7-9-14(16)2)21-22-19(25)27-13-17-20-23-24-26(17)15-10-5-4-6-11-15/h4-12H,3,13H2,1-2H3. The lowest BCUT2D eigenvalue weighted by molar-refractivity contribution is 0.686. The van der Waals surface area contributed by atoms with Crippen LogP contribution in [0.5, 0.6) is 0 Å². The van der Waals surface area contributed by atoms with Gasteiger partial charge in [-0.05, 0) is 42.0 Å². The summed E-state index contributed by atoms with van der Waals surface area (Å²) in [7, 11) is 0. The molecular formula is C19H19N7S. The number of tetrazole rings is 1. The van der Waals surface area contributed by atoms with Crippen LogP contribution in [0.15, 0.2) is 59.8 Å². The third-order valence-electron chi connectivity index (χ3n) is 4.28. The maximum absolute atomic E-state index is 4.43. The van der Waals surface area contributed by atoms with Crippen molar-refractivity contribution >= 4 is 11.8 Å². The molecular weight excluding hydrogens is 358 g/mol. The van der Waals surface area contributed by atoms with E-state index in [0.717, 1.165) is 34.6 Å². The van der Waals surface area contributed by atoms with E-state index in [1.807, 2.05) is 42.5 Å². The highest BCUT2D eigenvalue weighted by atomic mass is 32.2. The van der Waals surface area contributed by atoms with E-state index in [-0.39, 0.29) is 0 Å². The highest BCUT2D eigenvalue weighted by Gasteiger charge is 2.16. The van der Waals surface area contributed by atoms with Gasteiger partial charge in [0.1, 0.15) is 0 Å². The van der Waals surface area contributed by atoms with Gasteiger partial charge in [-0.1, -0.05) is 54.2 Å². The smallest absolute Gasteiger partial charge is 0.191 e. The summed E-state index contributed by atoms with van der Waals surface area (Å²) in [6, 6.07) is 18.1. The number of benzene rings is 2. The van der Waals surface area contributed by atoms with Crippen LogP contribution < -0.4 is 0 Å². The van der Waals surface area contributed by atoms with Crippen molar-refractivity contribution in [2.45, 2.75) is 31.3 Å². The summed E-state index contributed by atoms with van der Waals surface area (Å²) in [4.78, 5) is 0. The molecule has 4 aromatic rings. The number of rotatable bonds is 6. The normalized spacial score (nSPS) is 11.0. The molecule has 0 N–H and O–H groups in total. The van der Waals surface area contributed by atoms with Crippen LogP contribution in [0.3, 0.4) is 0 Å². The molecule has 0 radical (unpaired) electrons. The fourth-order valence-corrected chi connectivity index (χ4v) is 3.81. The SMILES string of the molecule is CCn1c(SCc2nnnn2-c2ccccc2)nnc1-c1ccccc1C. The number of hydrogen-bond donors (Lipinski definition) is 0. The van der Waals surface area contributed by atoms with Gasteiger partial charge in [-0.25, -0.2) is 0 Å². The van der Waals surface area contributed by atoms with Gasteiger partial charge in [-0.2, -0.15) is 4.68 Å². The van der Waals surface area contributed by atoms with Crippen LogP contribution in [0.1, 0.15) is 18.3 Å². The molecule has 27 heavy (non-hydrogen) atoms. The lowest BCUT2D eigenvalue weighted by Crippen LogP contribution is -2.04. The van der Waals surface area contributed by atoms with Crippen LogP contribution in [0.4, 0.5) is 0 Å². The summed E-state index contributed by atoms with van der Waals surface area (Å²) in [5.74, 6) is 2.27. The monoisotopic (exact) mass is 377 g/mol. The van der Waals surface area contributed by atoms with Crippen molar-refractivity contribution in [3.8, 4) is 17.1 Å². The second-order valence-corrected chi connectivity index (χ2v) is 6.94. The molecule has 0 unspecified atom stereocenters. The van der Waals surface area contributed by atoms with Gasteiger partial charge in [0.05, 0.1) is 11.4 Å². The predicted octanol–water partition coefficient (Wildman–Crippen LogP) is 3.54. The first kappa shape index (κ1) is 17.4. The first-order chi connectivity index (χ1) is 13.3. The fraction of sp³-hybridized carbons (Fsp3) is 0.211. The maximum Gasteiger partial charge on any atom is 0.191 e. The molecule has 7 nitrogen and oxygen atoms in total. The Morgan fingerprint density at radius 1 is 0.926 bits per heavy atom. The van der Waals surface area contributed by atoms with Gasteiger partial charge in [0.25, 0.3) is 0 Å². The average molecular weight is 377 g/mol. The molecule has 0 aliphatic carbocycles. The van der Waals surface area contributed by atoms with Gasteiger partial charge >= 0.3 is 0 Å². The second-order valence-electron chi connectivity index (χ2n) is 6.00. The third-order valence-corrected chi connectivity index (χ3v) is 5.25. The molecule has 0 aliphatic heterocycles. The van der Waals surface area contributed by atoms with Gasteiger partial charge in [-0.3, -0.25) is 0 Å². The number of aromatic nitrogens is 7. The summed E-state index contributed by atoms with van der Waals surface area (Å²) >= 11 is 1.59. The van der Waals surface area contributed by atoms with Gasteiger partial charge in [0.2, 0.25) is 0 Å². The van der Waals surface area contributed by atoms with Gasteiger partial charge < -0.3 is 4.57 Å². The topological polar surface area (TPSA) is 74.3 Å².